The monoisotopic (exact) mass is 394 g/mol. The normalized spacial score (nSPS) is 19.3. The standard InChI is InChI=1S/C23H26N2O4/c24-21(22(26)27)12-15-6-5-11-25(13-15)23(28)29-14-20-18-9-3-1-7-16(18)17-8-2-4-10-19(17)20/h1-4,7-10,15,20-21H,5-6,11-14,24H2,(H,26,27). The maximum atomic E-state index is 12.7. The van der Waals surface area contributed by atoms with E-state index in [0.717, 1.165) is 12.8 Å². The van der Waals surface area contributed by atoms with Crippen molar-refractivity contribution in [3.63, 3.8) is 0 Å². The Morgan fingerprint density at radius 1 is 1.10 bits per heavy atom. The molecule has 29 heavy (non-hydrogen) atoms. The number of carbonyl (C=O) groups excluding carboxylic acids is 1. The number of ether oxygens (including phenoxy) is 1. The Balaban J connectivity index is 1.40. The van der Waals surface area contributed by atoms with Crippen molar-refractivity contribution < 1.29 is 19.4 Å². The SMILES string of the molecule is NC(CC1CCCN(C(=O)OCC2c3ccccc3-c3ccccc32)C1)C(=O)O. The molecule has 2 atom stereocenters. The van der Waals surface area contributed by atoms with E-state index in [0.29, 0.717) is 26.1 Å². The topological polar surface area (TPSA) is 92.9 Å². The van der Waals surface area contributed by atoms with Gasteiger partial charge in [0.05, 0.1) is 0 Å². The molecule has 2 aromatic carbocycles. The molecule has 2 aliphatic rings. The largest absolute Gasteiger partial charge is 0.480 e. The number of likely N-dealkylation sites (tertiary alicyclic amines) is 1. The Bertz CT molecular complexity index is 868. The third kappa shape index (κ3) is 3.98. The van der Waals surface area contributed by atoms with E-state index in [2.05, 4.69) is 24.3 Å². The van der Waals surface area contributed by atoms with Crippen LogP contribution in [0.2, 0.25) is 0 Å². The van der Waals surface area contributed by atoms with E-state index in [-0.39, 0.29) is 17.9 Å². The molecule has 2 unspecified atom stereocenters. The Labute approximate surface area is 170 Å². The van der Waals surface area contributed by atoms with Crippen molar-refractivity contribution in [2.24, 2.45) is 11.7 Å². The molecule has 152 valence electrons. The van der Waals surface area contributed by atoms with Gasteiger partial charge in [0, 0.05) is 19.0 Å². The van der Waals surface area contributed by atoms with Gasteiger partial charge in [-0.15, -0.1) is 0 Å². The van der Waals surface area contributed by atoms with E-state index in [1.54, 1.807) is 4.90 Å². The number of carbonyl (C=O) groups is 2. The van der Waals surface area contributed by atoms with Gasteiger partial charge in [0.25, 0.3) is 0 Å². The minimum Gasteiger partial charge on any atom is -0.480 e. The first kappa shape index (κ1) is 19.5. The van der Waals surface area contributed by atoms with Gasteiger partial charge in [-0.05, 0) is 47.4 Å². The summed E-state index contributed by atoms with van der Waals surface area (Å²) in [5.74, 6) is -0.869. The van der Waals surface area contributed by atoms with Crippen LogP contribution in [0.1, 0.15) is 36.3 Å². The van der Waals surface area contributed by atoms with Gasteiger partial charge < -0.3 is 20.5 Å². The second-order valence-electron chi connectivity index (χ2n) is 7.94. The molecule has 0 aromatic heterocycles. The molecule has 1 saturated heterocycles. The molecule has 1 aliphatic carbocycles. The van der Waals surface area contributed by atoms with E-state index in [9.17, 15) is 9.59 Å². The highest BCUT2D eigenvalue weighted by molar-refractivity contribution is 5.79. The molecule has 1 heterocycles. The summed E-state index contributed by atoms with van der Waals surface area (Å²) < 4.78 is 5.72. The molecule has 0 saturated carbocycles. The lowest BCUT2D eigenvalue weighted by Crippen LogP contribution is -2.43. The van der Waals surface area contributed by atoms with Gasteiger partial charge in [0.2, 0.25) is 0 Å². The molecule has 1 aliphatic heterocycles. The number of hydrogen-bond acceptors (Lipinski definition) is 4. The molecule has 3 N–H and O–H groups in total. The first-order chi connectivity index (χ1) is 14.0. The van der Waals surface area contributed by atoms with Crippen LogP contribution >= 0.6 is 0 Å². The van der Waals surface area contributed by atoms with Crippen LogP contribution < -0.4 is 5.73 Å². The van der Waals surface area contributed by atoms with Gasteiger partial charge in [0.1, 0.15) is 12.6 Å². The zero-order valence-electron chi connectivity index (χ0n) is 16.3. The highest BCUT2D eigenvalue weighted by Crippen LogP contribution is 2.44. The summed E-state index contributed by atoms with van der Waals surface area (Å²) in [6.07, 6.45) is 1.76. The fourth-order valence-electron chi connectivity index (χ4n) is 4.57. The number of amides is 1. The van der Waals surface area contributed by atoms with Crippen molar-refractivity contribution in [1.82, 2.24) is 4.90 Å². The zero-order valence-corrected chi connectivity index (χ0v) is 16.3. The summed E-state index contributed by atoms with van der Waals surface area (Å²) in [7, 11) is 0. The van der Waals surface area contributed by atoms with Gasteiger partial charge >= 0.3 is 12.1 Å². The number of carboxylic acids is 1. The molecule has 2 aromatic rings. The van der Waals surface area contributed by atoms with E-state index < -0.39 is 12.0 Å². The van der Waals surface area contributed by atoms with Crippen LogP contribution in [0.15, 0.2) is 48.5 Å². The van der Waals surface area contributed by atoms with Gasteiger partial charge in [-0.1, -0.05) is 48.5 Å². The number of nitrogens with two attached hydrogens (primary N) is 1. The molecular formula is C23H26N2O4. The summed E-state index contributed by atoms with van der Waals surface area (Å²) in [5, 5.41) is 9.02. The molecular weight excluding hydrogens is 368 g/mol. The van der Waals surface area contributed by atoms with Crippen LogP contribution in [0.5, 0.6) is 0 Å². The van der Waals surface area contributed by atoms with Gasteiger partial charge in [-0.25, -0.2) is 4.79 Å². The number of aliphatic carboxylic acids is 1. The van der Waals surface area contributed by atoms with Crippen molar-refractivity contribution in [2.45, 2.75) is 31.2 Å². The van der Waals surface area contributed by atoms with Crippen LogP contribution in [0.25, 0.3) is 11.1 Å². The summed E-state index contributed by atoms with van der Waals surface area (Å²) in [6.45, 7) is 1.43. The molecule has 4 rings (SSSR count). The minimum absolute atomic E-state index is 0.0346. The maximum Gasteiger partial charge on any atom is 0.409 e. The van der Waals surface area contributed by atoms with E-state index in [4.69, 9.17) is 15.6 Å². The van der Waals surface area contributed by atoms with Gasteiger partial charge in [0.15, 0.2) is 0 Å². The fourth-order valence-corrected chi connectivity index (χ4v) is 4.57. The Hall–Kier alpha value is -2.86. The Morgan fingerprint density at radius 2 is 1.72 bits per heavy atom. The number of nitrogens with zero attached hydrogens (tertiary/aromatic N) is 1. The summed E-state index contributed by atoms with van der Waals surface area (Å²) >= 11 is 0. The Kier molecular flexibility index (Phi) is 5.53. The average Bonchev–Trinajstić information content (AvgIpc) is 3.06. The fraction of sp³-hybridized carbons (Fsp3) is 0.391. The number of carboxylic acid groups (broad SMARTS) is 1. The molecule has 0 radical (unpaired) electrons. The maximum absolute atomic E-state index is 12.7. The summed E-state index contributed by atoms with van der Waals surface area (Å²) in [6, 6.07) is 15.6. The predicted molar refractivity (Wildman–Crippen MR) is 110 cm³/mol. The van der Waals surface area contributed by atoms with Crippen LogP contribution in [-0.4, -0.2) is 47.8 Å². The molecule has 6 nitrogen and oxygen atoms in total. The quantitative estimate of drug-likeness (QED) is 0.810. The third-order valence-corrected chi connectivity index (χ3v) is 6.02. The van der Waals surface area contributed by atoms with E-state index in [1.807, 2.05) is 24.3 Å². The number of piperidine rings is 1. The number of benzene rings is 2. The number of rotatable bonds is 5. The lowest BCUT2D eigenvalue weighted by Gasteiger charge is -2.33. The first-order valence-electron chi connectivity index (χ1n) is 10.1. The van der Waals surface area contributed by atoms with Crippen molar-refractivity contribution in [1.29, 1.82) is 0 Å². The second kappa shape index (κ2) is 8.25. The van der Waals surface area contributed by atoms with Crippen molar-refractivity contribution in [2.75, 3.05) is 19.7 Å². The third-order valence-electron chi connectivity index (χ3n) is 6.02. The van der Waals surface area contributed by atoms with Crippen molar-refractivity contribution >= 4 is 12.1 Å². The van der Waals surface area contributed by atoms with Crippen LogP contribution in [-0.2, 0) is 9.53 Å². The van der Waals surface area contributed by atoms with E-state index >= 15 is 0 Å². The van der Waals surface area contributed by atoms with Crippen LogP contribution in [0, 0.1) is 5.92 Å². The molecule has 6 heteroatoms. The number of fused-ring (bicyclic) bond motifs is 3. The predicted octanol–water partition coefficient (Wildman–Crippen LogP) is 3.45. The second-order valence-corrected chi connectivity index (χ2v) is 7.94. The summed E-state index contributed by atoms with van der Waals surface area (Å²) in [4.78, 5) is 25.4. The van der Waals surface area contributed by atoms with Gasteiger partial charge in [-0.3, -0.25) is 4.79 Å². The molecule has 0 bridgehead atoms. The molecule has 1 amide bonds. The average molecular weight is 394 g/mol. The minimum atomic E-state index is -0.997. The first-order valence-corrected chi connectivity index (χ1v) is 10.1. The Morgan fingerprint density at radius 3 is 2.34 bits per heavy atom. The van der Waals surface area contributed by atoms with Crippen LogP contribution in [0.3, 0.4) is 0 Å². The lowest BCUT2D eigenvalue weighted by molar-refractivity contribution is -0.139. The number of hydrogen-bond donors (Lipinski definition) is 2. The lowest BCUT2D eigenvalue weighted by atomic mass is 9.92. The summed E-state index contributed by atoms with van der Waals surface area (Å²) in [5.41, 5.74) is 10.4. The van der Waals surface area contributed by atoms with Crippen molar-refractivity contribution in [3.05, 3.63) is 59.7 Å². The molecule has 1 fully saturated rings. The zero-order chi connectivity index (χ0) is 20.4. The highest BCUT2D eigenvalue weighted by atomic mass is 16.6. The smallest absolute Gasteiger partial charge is 0.409 e. The van der Waals surface area contributed by atoms with Crippen LogP contribution in [0.4, 0.5) is 4.79 Å². The van der Waals surface area contributed by atoms with Crippen molar-refractivity contribution in [3.8, 4) is 11.1 Å². The molecule has 0 spiro atoms. The highest BCUT2D eigenvalue weighted by Gasteiger charge is 2.31. The van der Waals surface area contributed by atoms with Gasteiger partial charge in [-0.2, -0.15) is 0 Å². The van der Waals surface area contributed by atoms with E-state index in [1.165, 1.54) is 22.3 Å².